The number of morpholine rings is 1. The zero-order chi connectivity index (χ0) is 31.7. The Morgan fingerprint density at radius 1 is 1.02 bits per heavy atom. The van der Waals surface area contributed by atoms with Crippen molar-refractivity contribution in [3.05, 3.63) is 35.9 Å². The molecule has 44 heavy (non-hydrogen) atoms. The highest BCUT2D eigenvalue weighted by atomic mass is 16.6. The maximum absolute atomic E-state index is 14.0. The predicted octanol–water partition coefficient (Wildman–Crippen LogP) is 5.47. The molecule has 2 saturated heterocycles. The largest absolute Gasteiger partial charge is 0.461 e. The van der Waals surface area contributed by atoms with Crippen molar-refractivity contribution in [2.75, 3.05) is 32.8 Å². The second-order valence-electron chi connectivity index (χ2n) is 13.8. The zero-order valence-corrected chi connectivity index (χ0v) is 27.3. The SMILES string of the molecule is CC(C)(C)OC(=O)N1[C@@H](CC2CCCCC2)[C@H](C(=O)OC(CCC(=O)OCc2ccccc2)CN2CCOCC2)OC1(C)C. The summed E-state index contributed by atoms with van der Waals surface area (Å²) in [5.74, 6) is -0.475. The number of hydrogen-bond donors (Lipinski definition) is 0. The molecule has 0 spiro atoms. The van der Waals surface area contributed by atoms with Crippen LogP contribution < -0.4 is 0 Å². The molecule has 1 saturated carbocycles. The average Bonchev–Trinajstić information content (AvgIpc) is 3.25. The minimum atomic E-state index is -1.06. The van der Waals surface area contributed by atoms with Crippen LogP contribution in [-0.2, 0) is 39.9 Å². The van der Waals surface area contributed by atoms with Gasteiger partial charge < -0.3 is 23.7 Å². The van der Waals surface area contributed by atoms with E-state index in [2.05, 4.69) is 4.90 Å². The summed E-state index contributed by atoms with van der Waals surface area (Å²) in [5, 5.41) is 0. The highest BCUT2D eigenvalue weighted by molar-refractivity contribution is 5.79. The van der Waals surface area contributed by atoms with Gasteiger partial charge in [0.25, 0.3) is 0 Å². The lowest BCUT2D eigenvalue weighted by Crippen LogP contribution is -2.51. The van der Waals surface area contributed by atoms with Crippen LogP contribution in [0.1, 0.15) is 91.5 Å². The Morgan fingerprint density at radius 2 is 1.70 bits per heavy atom. The minimum absolute atomic E-state index is 0.113. The van der Waals surface area contributed by atoms with Crippen molar-refractivity contribution >= 4 is 18.0 Å². The highest BCUT2D eigenvalue weighted by Crippen LogP contribution is 2.40. The van der Waals surface area contributed by atoms with Gasteiger partial charge in [-0.15, -0.1) is 0 Å². The number of carbonyl (C=O) groups is 3. The highest BCUT2D eigenvalue weighted by Gasteiger charge is 2.55. The zero-order valence-electron chi connectivity index (χ0n) is 27.3. The van der Waals surface area contributed by atoms with Gasteiger partial charge in [-0.3, -0.25) is 14.6 Å². The number of ether oxygens (including phenoxy) is 5. The van der Waals surface area contributed by atoms with Gasteiger partial charge in [-0.1, -0.05) is 62.4 Å². The Labute approximate surface area is 262 Å². The summed E-state index contributed by atoms with van der Waals surface area (Å²) in [6.07, 6.45) is 4.68. The lowest BCUT2D eigenvalue weighted by Gasteiger charge is -2.36. The van der Waals surface area contributed by atoms with Crippen LogP contribution >= 0.6 is 0 Å². The van der Waals surface area contributed by atoms with E-state index >= 15 is 0 Å². The molecule has 10 heteroatoms. The molecule has 2 aliphatic heterocycles. The molecule has 1 amide bonds. The van der Waals surface area contributed by atoms with Gasteiger partial charge in [0.15, 0.2) is 6.10 Å². The maximum Gasteiger partial charge on any atom is 0.412 e. The average molecular weight is 617 g/mol. The molecule has 2 heterocycles. The van der Waals surface area contributed by atoms with Crippen molar-refractivity contribution in [1.82, 2.24) is 9.80 Å². The van der Waals surface area contributed by atoms with Crippen LogP contribution in [0.2, 0.25) is 0 Å². The van der Waals surface area contributed by atoms with Crippen molar-refractivity contribution in [2.24, 2.45) is 5.92 Å². The summed E-state index contributed by atoms with van der Waals surface area (Å²) in [5.41, 5.74) is -0.845. The van der Waals surface area contributed by atoms with Gasteiger partial charge >= 0.3 is 18.0 Å². The van der Waals surface area contributed by atoms with Crippen LogP contribution in [-0.4, -0.2) is 90.3 Å². The fourth-order valence-corrected chi connectivity index (χ4v) is 6.43. The molecule has 1 unspecified atom stereocenters. The molecule has 3 atom stereocenters. The van der Waals surface area contributed by atoms with Crippen LogP contribution in [0.15, 0.2) is 30.3 Å². The molecule has 3 aliphatic rings. The summed E-state index contributed by atoms with van der Waals surface area (Å²) in [7, 11) is 0. The van der Waals surface area contributed by atoms with Gasteiger partial charge in [-0.25, -0.2) is 9.59 Å². The maximum atomic E-state index is 14.0. The molecule has 0 bridgehead atoms. The van der Waals surface area contributed by atoms with E-state index in [9.17, 15) is 14.4 Å². The Bertz CT molecular complexity index is 1080. The molecule has 0 N–H and O–H groups in total. The fourth-order valence-electron chi connectivity index (χ4n) is 6.43. The summed E-state index contributed by atoms with van der Waals surface area (Å²) < 4.78 is 29.3. The van der Waals surface area contributed by atoms with Gasteiger partial charge in [0.2, 0.25) is 0 Å². The molecule has 1 aromatic carbocycles. The number of esters is 2. The Morgan fingerprint density at radius 3 is 2.36 bits per heavy atom. The summed E-state index contributed by atoms with van der Waals surface area (Å²) >= 11 is 0. The third kappa shape index (κ3) is 10.2. The Kier molecular flexibility index (Phi) is 12.1. The molecule has 3 fully saturated rings. The van der Waals surface area contributed by atoms with E-state index in [1.165, 1.54) is 6.42 Å². The quantitative estimate of drug-likeness (QED) is 0.237. The Balaban J connectivity index is 1.47. The first-order chi connectivity index (χ1) is 20.9. The van der Waals surface area contributed by atoms with Crippen LogP contribution in [0.5, 0.6) is 0 Å². The molecule has 10 nitrogen and oxygen atoms in total. The predicted molar refractivity (Wildman–Crippen MR) is 165 cm³/mol. The van der Waals surface area contributed by atoms with Gasteiger partial charge in [-0.05, 0) is 58.9 Å². The van der Waals surface area contributed by atoms with E-state index < -0.39 is 41.6 Å². The Hall–Kier alpha value is -2.69. The fraction of sp³-hybridized carbons (Fsp3) is 0.735. The second kappa shape index (κ2) is 15.5. The molecule has 0 aromatic heterocycles. The summed E-state index contributed by atoms with van der Waals surface area (Å²) in [6, 6.07) is 9.01. The normalized spacial score (nSPS) is 23.6. The lowest BCUT2D eigenvalue weighted by atomic mass is 9.83. The minimum Gasteiger partial charge on any atom is -0.461 e. The third-order valence-electron chi connectivity index (χ3n) is 8.56. The number of hydrogen-bond acceptors (Lipinski definition) is 9. The number of rotatable bonds is 11. The van der Waals surface area contributed by atoms with Crippen molar-refractivity contribution in [1.29, 1.82) is 0 Å². The van der Waals surface area contributed by atoms with Crippen LogP contribution in [0.4, 0.5) is 4.79 Å². The molecule has 246 valence electrons. The van der Waals surface area contributed by atoms with E-state index in [0.29, 0.717) is 38.5 Å². The van der Waals surface area contributed by atoms with E-state index in [-0.39, 0.29) is 19.0 Å². The lowest BCUT2D eigenvalue weighted by molar-refractivity contribution is -0.169. The van der Waals surface area contributed by atoms with E-state index in [4.69, 9.17) is 23.7 Å². The van der Waals surface area contributed by atoms with Crippen LogP contribution in [0.3, 0.4) is 0 Å². The van der Waals surface area contributed by atoms with Gasteiger partial charge in [0, 0.05) is 26.1 Å². The van der Waals surface area contributed by atoms with E-state index in [1.54, 1.807) is 18.7 Å². The molecule has 4 rings (SSSR count). The van der Waals surface area contributed by atoms with Crippen molar-refractivity contribution in [2.45, 2.75) is 122 Å². The summed E-state index contributed by atoms with van der Waals surface area (Å²) in [4.78, 5) is 43.9. The van der Waals surface area contributed by atoms with E-state index in [1.807, 2.05) is 51.1 Å². The number of benzene rings is 1. The first-order valence-electron chi connectivity index (χ1n) is 16.3. The first-order valence-corrected chi connectivity index (χ1v) is 16.3. The second-order valence-corrected chi connectivity index (χ2v) is 13.8. The van der Waals surface area contributed by atoms with Crippen LogP contribution in [0, 0.1) is 5.92 Å². The number of carbonyl (C=O) groups excluding carboxylic acids is 3. The smallest absolute Gasteiger partial charge is 0.412 e. The standard InChI is InChI=1S/C34H52N2O8/c1-33(2,3)44-32(39)36-28(22-25-12-8-6-9-13-25)30(43-34(36,4)5)31(38)42-27(23-35-18-20-40-21-19-35)16-17-29(37)41-24-26-14-10-7-11-15-26/h7,10-11,14-15,25,27-28,30H,6,8-9,12-13,16-24H2,1-5H3/t27?,28-,30+/m0/s1. The molecule has 1 aromatic rings. The molecular formula is C34H52N2O8. The van der Waals surface area contributed by atoms with Crippen molar-refractivity contribution in [3.63, 3.8) is 0 Å². The van der Waals surface area contributed by atoms with Gasteiger partial charge in [0.1, 0.15) is 24.0 Å². The van der Waals surface area contributed by atoms with Gasteiger partial charge in [-0.2, -0.15) is 0 Å². The number of amides is 1. The number of nitrogens with zero attached hydrogens (tertiary/aromatic N) is 2. The third-order valence-corrected chi connectivity index (χ3v) is 8.56. The molecule has 1 aliphatic carbocycles. The monoisotopic (exact) mass is 616 g/mol. The topological polar surface area (TPSA) is 104 Å². The summed E-state index contributed by atoms with van der Waals surface area (Å²) in [6.45, 7) is 12.4. The van der Waals surface area contributed by atoms with Crippen molar-refractivity contribution < 1.29 is 38.1 Å². The molecular weight excluding hydrogens is 564 g/mol. The van der Waals surface area contributed by atoms with E-state index in [0.717, 1.165) is 44.3 Å². The van der Waals surface area contributed by atoms with Gasteiger partial charge in [0.05, 0.1) is 19.3 Å². The van der Waals surface area contributed by atoms with Crippen LogP contribution in [0.25, 0.3) is 0 Å². The molecule has 0 radical (unpaired) electrons. The first kappa shape index (κ1) is 34.2. The van der Waals surface area contributed by atoms with Crippen molar-refractivity contribution in [3.8, 4) is 0 Å².